The summed E-state index contributed by atoms with van der Waals surface area (Å²) in [5.41, 5.74) is 2.83. The fourth-order valence-electron chi connectivity index (χ4n) is 1.81. The molecule has 0 saturated carbocycles. The number of benzene rings is 1. The van der Waals surface area contributed by atoms with E-state index in [0.717, 1.165) is 13.0 Å². The van der Waals surface area contributed by atoms with Crippen LogP contribution in [0.15, 0.2) is 24.3 Å². The molecule has 0 fully saturated rings. The lowest BCUT2D eigenvalue weighted by Crippen LogP contribution is -2.31. The number of hydrogen-bond donors (Lipinski definition) is 1. The fraction of sp³-hybridized carbons (Fsp3) is 0.364. The molecule has 1 aliphatic rings. The van der Waals surface area contributed by atoms with E-state index in [1.165, 1.54) is 11.1 Å². The van der Waals surface area contributed by atoms with Crippen LogP contribution in [-0.4, -0.2) is 12.5 Å². The summed E-state index contributed by atoms with van der Waals surface area (Å²) < 4.78 is 0. The Morgan fingerprint density at radius 3 is 3.00 bits per heavy atom. The van der Waals surface area contributed by atoms with E-state index in [0.29, 0.717) is 5.92 Å². The van der Waals surface area contributed by atoms with Crippen LogP contribution in [-0.2, 0) is 11.2 Å². The van der Waals surface area contributed by atoms with Gasteiger partial charge >= 0.3 is 0 Å². The molecule has 1 unspecified atom stereocenters. The van der Waals surface area contributed by atoms with Crippen LogP contribution in [0.3, 0.4) is 0 Å². The molecule has 0 spiro atoms. The van der Waals surface area contributed by atoms with E-state index < -0.39 is 0 Å². The van der Waals surface area contributed by atoms with Gasteiger partial charge in [0, 0.05) is 19.4 Å². The van der Waals surface area contributed by atoms with Crippen molar-refractivity contribution in [1.29, 1.82) is 0 Å². The molecular weight excluding hydrogens is 162 g/mol. The van der Waals surface area contributed by atoms with Gasteiger partial charge in [0.15, 0.2) is 0 Å². The maximum atomic E-state index is 10.7. The average molecular weight is 175 g/mol. The fourth-order valence-corrected chi connectivity index (χ4v) is 1.81. The molecule has 0 aromatic heterocycles. The predicted molar refractivity (Wildman–Crippen MR) is 51.6 cm³/mol. The third-order valence-electron chi connectivity index (χ3n) is 2.56. The quantitative estimate of drug-likeness (QED) is 0.724. The molecule has 0 saturated heterocycles. The van der Waals surface area contributed by atoms with Crippen molar-refractivity contribution in [2.75, 3.05) is 6.54 Å². The van der Waals surface area contributed by atoms with E-state index in [1.54, 1.807) is 6.92 Å². The zero-order chi connectivity index (χ0) is 9.26. The number of carbonyl (C=O) groups is 1. The Morgan fingerprint density at radius 1 is 1.54 bits per heavy atom. The number of carbonyl (C=O) groups excluding carboxylic acids is 1. The maximum absolute atomic E-state index is 10.7. The van der Waals surface area contributed by atoms with E-state index in [-0.39, 0.29) is 5.91 Å². The van der Waals surface area contributed by atoms with Crippen LogP contribution in [0, 0.1) is 0 Å². The minimum atomic E-state index is 0.0596. The van der Waals surface area contributed by atoms with Crippen molar-refractivity contribution in [3.8, 4) is 0 Å². The lowest BCUT2D eigenvalue weighted by atomic mass is 9.78. The van der Waals surface area contributed by atoms with Crippen molar-refractivity contribution in [2.24, 2.45) is 0 Å². The molecule has 0 heterocycles. The second-order valence-corrected chi connectivity index (χ2v) is 3.54. The number of amides is 1. The molecule has 1 aliphatic carbocycles. The first-order chi connectivity index (χ1) is 6.27. The molecule has 1 atom stereocenters. The summed E-state index contributed by atoms with van der Waals surface area (Å²) in [6.07, 6.45) is 1.11. The van der Waals surface area contributed by atoms with Crippen molar-refractivity contribution < 1.29 is 4.79 Å². The SMILES string of the molecule is CC(=O)NCC1Cc2ccccc21. The van der Waals surface area contributed by atoms with E-state index >= 15 is 0 Å². The Bertz CT molecular complexity index is 333. The average Bonchev–Trinajstić information content (AvgIpc) is 2.06. The molecule has 1 aromatic carbocycles. The van der Waals surface area contributed by atoms with Gasteiger partial charge in [-0.25, -0.2) is 0 Å². The molecule has 13 heavy (non-hydrogen) atoms. The first kappa shape index (κ1) is 8.30. The van der Waals surface area contributed by atoms with Crippen LogP contribution in [0.5, 0.6) is 0 Å². The lowest BCUT2D eigenvalue weighted by Gasteiger charge is -2.29. The largest absolute Gasteiger partial charge is 0.356 e. The first-order valence-electron chi connectivity index (χ1n) is 4.59. The van der Waals surface area contributed by atoms with Gasteiger partial charge in [0.2, 0.25) is 5.91 Å². The Kier molecular flexibility index (Phi) is 2.05. The number of fused-ring (bicyclic) bond motifs is 1. The van der Waals surface area contributed by atoms with E-state index in [9.17, 15) is 4.79 Å². The van der Waals surface area contributed by atoms with Crippen LogP contribution in [0.25, 0.3) is 0 Å². The Morgan fingerprint density at radius 2 is 2.31 bits per heavy atom. The summed E-state index contributed by atoms with van der Waals surface area (Å²) in [7, 11) is 0. The van der Waals surface area contributed by atoms with Crippen molar-refractivity contribution in [3.63, 3.8) is 0 Å². The van der Waals surface area contributed by atoms with E-state index in [2.05, 4.69) is 29.6 Å². The third kappa shape index (κ3) is 1.57. The second-order valence-electron chi connectivity index (χ2n) is 3.54. The molecule has 1 N–H and O–H groups in total. The Hall–Kier alpha value is -1.31. The molecule has 0 radical (unpaired) electrons. The molecule has 2 rings (SSSR count). The molecule has 68 valence electrons. The van der Waals surface area contributed by atoms with E-state index in [4.69, 9.17) is 0 Å². The van der Waals surface area contributed by atoms with Crippen LogP contribution in [0.4, 0.5) is 0 Å². The second kappa shape index (κ2) is 3.21. The monoisotopic (exact) mass is 175 g/mol. The molecule has 0 bridgehead atoms. The van der Waals surface area contributed by atoms with Gasteiger partial charge in [-0.2, -0.15) is 0 Å². The molecule has 1 amide bonds. The maximum Gasteiger partial charge on any atom is 0.216 e. The van der Waals surface area contributed by atoms with Crippen LogP contribution in [0.2, 0.25) is 0 Å². The van der Waals surface area contributed by atoms with Crippen molar-refractivity contribution in [1.82, 2.24) is 5.32 Å². The van der Waals surface area contributed by atoms with Crippen LogP contribution < -0.4 is 5.32 Å². The highest BCUT2D eigenvalue weighted by Gasteiger charge is 2.24. The predicted octanol–water partition coefficient (Wildman–Crippen LogP) is 1.46. The van der Waals surface area contributed by atoms with Gasteiger partial charge in [-0.3, -0.25) is 4.79 Å². The summed E-state index contributed by atoms with van der Waals surface area (Å²) >= 11 is 0. The van der Waals surface area contributed by atoms with Crippen molar-refractivity contribution >= 4 is 5.91 Å². The van der Waals surface area contributed by atoms with Crippen LogP contribution >= 0.6 is 0 Å². The zero-order valence-electron chi connectivity index (χ0n) is 7.71. The molecular formula is C11H13NO. The minimum Gasteiger partial charge on any atom is -0.356 e. The Labute approximate surface area is 78.0 Å². The topological polar surface area (TPSA) is 29.1 Å². The highest BCUT2D eigenvalue weighted by atomic mass is 16.1. The highest BCUT2D eigenvalue weighted by molar-refractivity contribution is 5.73. The van der Waals surface area contributed by atoms with Gasteiger partial charge in [-0.1, -0.05) is 24.3 Å². The van der Waals surface area contributed by atoms with Gasteiger partial charge in [-0.15, -0.1) is 0 Å². The summed E-state index contributed by atoms with van der Waals surface area (Å²) in [6.45, 7) is 2.34. The summed E-state index contributed by atoms with van der Waals surface area (Å²) in [4.78, 5) is 10.7. The van der Waals surface area contributed by atoms with Crippen LogP contribution in [0.1, 0.15) is 24.0 Å². The Balaban J connectivity index is 1.98. The van der Waals surface area contributed by atoms with Crippen molar-refractivity contribution in [2.45, 2.75) is 19.3 Å². The van der Waals surface area contributed by atoms with Gasteiger partial charge in [-0.05, 0) is 17.5 Å². The summed E-state index contributed by atoms with van der Waals surface area (Å²) in [6, 6.07) is 8.41. The standard InChI is InChI=1S/C11H13NO/c1-8(13)12-7-10-6-9-4-2-3-5-11(9)10/h2-5,10H,6-7H2,1H3,(H,12,13). The summed E-state index contributed by atoms with van der Waals surface area (Å²) in [5.74, 6) is 0.601. The normalized spacial score (nSPS) is 18.7. The van der Waals surface area contributed by atoms with Crippen molar-refractivity contribution in [3.05, 3.63) is 35.4 Å². The minimum absolute atomic E-state index is 0.0596. The third-order valence-corrected chi connectivity index (χ3v) is 2.56. The first-order valence-corrected chi connectivity index (χ1v) is 4.59. The van der Waals surface area contributed by atoms with E-state index in [1.807, 2.05) is 0 Å². The van der Waals surface area contributed by atoms with Gasteiger partial charge in [0.25, 0.3) is 0 Å². The number of rotatable bonds is 2. The lowest BCUT2D eigenvalue weighted by molar-refractivity contribution is -0.119. The summed E-state index contributed by atoms with van der Waals surface area (Å²) in [5, 5.41) is 2.85. The van der Waals surface area contributed by atoms with Gasteiger partial charge in [0.1, 0.15) is 0 Å². The molecule has 2 nitrogen and oxygen atoms in total. The molecule has 0 aliphatic heterocycles. The number of hydrogen-bond acceptors (Lipinski definition) is 1. The highest BCUT2D eigenvalue weighted by Crippen LogP contribution is 2.33. The van der Waals surface area contributed by atoms with Gasteiger partial charge < -0.3 is 5.32 Å². The van der Waals surface area contributed by atoms with Gasteiger partial charge in [0.05, 0.1) is 0 Å². The zero-order valence-corrected chi connectivity index (χ0v) is 7.71. The smallest absolute Gasteiger partial charge is 0.216 e. The molecule has 2 heteroatoms. The number of nitrogens with one attached hydrogen (secondary N) is 1. The molecule has 1 aromatic rings.